The number of rotatable bonds is 10. The molecule has 0 saturated heterocycles. The second kappa shape index (κ2) is 14.2. The number of imidazole rings is 1. The van der Waals surface area contributed by atoms with E-state index in [0.29, 0.717) is 25.1 Å². The van der Waals surface area contributed by atoms with Gasteiger partial charge >= 0.3 is 24.1 Å². The molecule has 0 aromatic carbocycles. The van der Waals surface area contributed by atoms with Crippen molar-refractivity contribution in [2.45, 2.75) is 19.1 Å². The van der Waals surface area contributed by atoms with Gasteiger partial charge in [0.1, 0.15) is 12.4 Å². The number of alkyl halides is 3. The lowest BCUT2D eigenvalue weighted by molar-refractivity contribution is -0.134. The third kappa shape index (κ3) is 15.2. The number of aromatic nitrogens is 4. The van der Waals surface area contributed by atoms with Crippen LogP contribution in [0.1, 0.15) is 6.42 Å². The van der Waals surface area contributed by atoms with Gasteiger partial charge in [0.05, 0.1) is 12.9 Å². The van der Waals surface area contributed by atoms with Gasteiger partial charge in [-0.3, -0.25) is 0 Å². The summed E-state index contributed by atoms with van der Waals surface area (Å²) in [5, 5.41) is 18.0. The van der Waals surface area contributed by atoms with E-state index in [2.05, 4.69) is 29.7 Å². The Morgan fingerprint density at radius 1 is 1.30 bits per heavy atom. The van der Waals surface area contributed by atoms with Crippen molar-refractivity contribution in [2.24, 2.45) is 15.1 Å². The molecule has 0 unspecified atom stereocenters. The minimum Gasteiger partial charge on any atom is -0.478 e. The summed E-state index contributed by atoms with van der Waals surface area (Å²) < 4.78 is 69.4. The first-order chi connectivity index (χ1) is 17.1. The zero-order valence-electron chi connectivity index (χ0n) is 19.1. The summed E-state index contributed by atoms with van der Waals surface area (Å²) in [6.45, 7) is -0.810. The van der Waals surface area contributed by atoms with E-state index in [9.17, 15) is 31.2 Å². The maximum Gasteiger partial charge on any atom is 0.408 e. The van der Waals surface area contributed by atoms with E-state index < -0.39 is 40.6 Å². The highest BCUT2D eigenvalue weighted by atomic mass is 32.2. The Hall–Kier alpha value is -4.42. The van der Waals surface area contributed by atoms with E-state index in [1.165, 1.54) is 12.3 Å². The van der Waals surface area contributed by atoms with Gasteiger partial charge in [-0.15, -0.1) is 4.40 Å². The minimum absolute atomic E-state index is 0.0151. The average molecular weight is 552 g/mol. The Morgan fingerprint density at radius 3 is 2.51 bits per heavy atom. The first-order valence-electron chi connectivity index (χ1n) is 9.88. The van der Waals surface area contributed by atoms with Crippen molar-refractivity contribution in [1.29, 1.82) is 0 Å². The van der Waals surface area contributed by atoms with Crippen LogP contribution in [0.5, 0.6) is 6.01 Å². The lowest BCUT2D eigenvalue weighted by Gasteiger charge is -2.08. The highest BCUT2D eigenvalue weighted by Gasteiger charge is 2.26. The molecule has 2 heterocycles. The van der Waals surface area contributed by atoms with Gasteiger partial charge in [0.15, 0.2) is 5.96 Å². The van der Waals surface area contributed by atoms with Crippen molar-refractivity contribution in [2.75, 3.05) is 24.7 Å². The SMILES string of the molecule is CS(=O)(=O)N=c1[nH]ccn1CCCOc1nccc(NC(N)=NCC(F)(F)F)n1.O=C(O)/C=C\C(=O)O. The van der Waals surface area contributed by atoms with Crippen LogP contribution < -0.4 is 21.4 Å². The number of aryl methyl sites for hydroxylation is 1. The molecule has 0 bridgehead atoms. The summed E-state index contributed by atoms with van der Waals surface area (Å²) in [4.78, 5) is 32.8. The van der Waals surface area contributed by atoms with E-state index >= 15 is 0 Å². The zero-order chi connectivity index (χ0) is 28.1. The van der Waals surface area contributed by atoms with Crippen LogP contribution in [0.4, 0.5) is 19.0 Å². The normalized spacial score (nSPS) is 12.6. The summed E-state index contributed by atoms with van der Waals surface area (Å²) in [6, 6.07) is 1.37. The molecule has 0 aliphatic heterocycles. The molecular formula is C18H23F3N8O7S. The molecule has 204 valence electrons. The number of nitrogens with zero attached hydrogens (tertiary/aromatic N) is 5. The van der Waals surface area contributed by atoms with Crippen LogP contribution in [0, 0.1) is 0 Å². The van der Waals surface area contributed by atoms with Gasteiger partial charge in [-0.1, -0.05) is 0 Å². The molecule has 0 aliphatic rings. The molecule has 0 atom stereocenters. The highest BCUT2D eigenvalue weighted by molar-refractivity contribution is 7.89. The molecule has 2 aromatic rings. The van der Waals surface area contributed by atoms with Crippen molar-refractivity contribution in [3.8, 4) is 6.01 Å². The Bertz CT molecular complexity index is 1270. The fourth-order valence-corrected chi connectivity index (χ4v) is 2.61. The van der Waals surface area contributed by atoms with E-state index in [1.54, 1.807) is 17.0 Å². The Balaban J connectivity index is 0.000000738. The summed E-state index contributed by atoms with van der Waals surface area (Å²) in [7, 11) is -3.54. The molecule has 37 heavy (non-hydrogen) atoms. The standard InChI is InChI=1S/C14H19F3N8O3S.C4H4O4/c1-29(26,27)24-12-19-5-7-25(12)6-2-8-28-13-20-4-3-10(23-13)22-11(18)21-9-14(15,16)17;5-3(6)1-2-4(7)8/h3-5,7H,2,6,8-9H2,1H3,(H,19,24)(H3,18,20,21,22,23);1-2H,(H,5,6)(H,7,8)/b;2-1-. The average Bonchev–Trinajstić information content (AvgIpc) is 3.19. The summed E-state index contributed by atoms with van der Waals surface area (Å²) in [6.07, 6.45) is 2.64. The quantitative estimate of drug-likeness (QED) is 0.113. The molecule has 2 rings (SSSR count). The minimum atomic E-state index is -4.46. The fourth-order valence-electron chi connectivity index (χ4n) is 2.14. The van der Waals surface area contributed by atoms with Crippen LogP contribution in [-0.4, -0.2) is 81.6 Å². The number of guanidine groups is 1. The van der Waals surface area contributed by atoms with Gasteiger partial charge in [0.25, 0.3) is 10.0 Å². The predicted octanol–water partition coefficient (Wildman–Crippen LogP) is -0.0637. The van der Waals surface area contributed by atoms with Crippen LogP contribution in [0.3, 0.4) is 0 Å². The first-order valence-corrected chi connectivity index (χ1v) is 11.7. The van der Waals surface area contributed by atoms with Crippen molar-refractivity contribution in [3.05, 3.63) is 42.4 Å². The van der Waals surface area contributed by atoms with Gasteiger partial charge < -0.3 is 35.6 Å². The number of carbonyl (C=O) groups is 2. The number of sulfonamides is 1. The molecule has 2 aromatic heterocycles. The molecular weight excluding hydrogens is 529 g/mol. The van der Waals surface area contributed by atoms with Crippen molar-refractivity contribution in [3.63, 3.8) is 0 Å². The summed E-state index contributed by atoms with van der Waals surface area (Å²) in [5.41, 5.74) is 5.56. The topological polar surface area (TPSA) is 227 Å². The van der Waals surface area contributed by atoms with Gasteiger partial charge in [-0.25, -0.2) is 28.0 Å². The number of anilines is 1. The van der Waals surface area contributed by atoms with E-state index in [1.807, 2.05) is 0 Å². The van der Waals surface area contributed by atoms with Crippen LogP contribution >= 0.6 is 0 Å². The number of nitrogens with two attached hydrogens (primary N) is 1. The number of hydrogen-bond acceptors (Lipinski definition) is 8. The van der Waals surface area contributed by atoms with Gasteiger partial charge in [0, 0.05) is 37.3 Å². The van der Waals surface area contributed by atoms with Crippen molar-refractivity contribution in [1.82, 2.24) is 19.5 Å². The molecule has 0 aliphatic carbocycles. The number of hydrogen-bond donors (Lipinski definition) is 5. The Morgan fingerprint density at radius 2 is 1.95 bits per heavy atom. The number of halogens is 3. The molecule has 0 fully saturated rings. The maximum atomic E-state index is 12.1. The molecule has 0 spiro atoms. The number of nitrogens with one attached hydrogen (secondary N) is 2. The number of ether oxygens (including phenoxy) is 1. The summed E-state index contributed by atoms with van der Waals surface area (Å²) >= 11 is 0. The third-order valence-electron chi connectivity index (χ3n) is 3.45. The number of aromatic amines is 1. The third-order valence-corrected chi connectivity index (χ3v) is 3.96. The summed E-state index contributed by atoms with van der Waals surface area (Å²) in [5.74, 6) is -2.84. The number of carboxylic acids is 2. The maximum absolute atomic E-state index is 12.1. The number of aliphatic carboxylic acids is 2. The van der Waals surface area contributed by atoms with Crippen molar-refractivity contribution >= 4 is 33.7 Å². The van der Waals surface area contributed by atoms with Gasteiger partial charge in [-0.05, 0) is 12.5 Å². The molecule has 15 nitrogen and oxygen atoms in total. The van der Waals surface area contributed by atoms with E-state index in [0.717, 1.165) is 6.26 Å². The van der Waals surface area contributed by atoms with Gasteiger partial charge in [-0.2, -0.15) is 18.2 Å². The van der Waals surface area contributed by atoms with Crippen molar-refractivity contribution < 1.29 is 46.1 Å². The molecule has 0 amide bonds. The predicted molar refractivity (Wildman–Crippen MR) is 122 cm³/mol. The number of H-pyrrole nitrogens is 1. The second-order valence-corrected chi connectivity index (χ2v) is 8.33. The largest absolute Gasteiger partial charge is 0.478 e. The van der Waals surface area contributed by atoms with Crippen LogP contribution in [-0.2, 0) is 26.2 Å². The Labute approximate surface area is 207 Å². The molecule has 19 heteroatoms. The smallest absolute Gasteiger partial charge is 0.408 e. The Kier molecular flexibility index (Phi) is 11.8. The van der Waals surface area contributed by atoms with Crippen LogP contribution in [0.25, 0.3) is 0 Å². The lowest BCUT2D eigenvalue weighted by atomic mass is 10.4. The van der Waals surface area contributed by atoms with E-state index in [4.69, 9.17) is 20.7 Å². The molecule has 0 saturated carbocycles. The molecule has 0 radical (unpaired) electrons. The van der Waals surface area contributed by atoms with Crippen LogP contribution in [0.2, 0.25) is 0 Å². The zero-order valence-corrected chi connectivity index (χ0v) is 19.9. The first kappa shape index (κ1) is 30.6. The monoisotopic (exact) mass is 552 g/mol. The van der Waals surface area contributed by atoms with Gasteiger partial charge in [0.2, 0.25) is 5.62 Å². The lowest BCUT2D eigenvalue weighted by Crippen LogP contribution is -2.26. The van der Waals surface area contributed by atoms with Crippen LogP contribution in [0.15, 0.2) is 46.2 Å². The van der Waals surface area contributed by atoms with E-state index in [-0.39, 0.29) is 24.1 Å². The second-order valence-electron chi connectivity index (χ2n) is 6.68. The number of aliphatic imine (C=N–C) groups is 1. The highest BCUT2D eigenvalue weighted by Crippen LogP contribution is 2.14. The fraction of sp³-hybridized carbons (Fsp3) is 0.333. The molecule has 6 N–H and O–H groups in total. The number of carboxylic acid groups (broad SMARTS) is 2.